The largest absolute Gasteiger partial charge is 0.192 e. The third-order valence-corrected chi connectivity index (χ3v) is 5.82. The van der Waals surface area contributed by atoms with Gasteiger partial charge < -0.3 is 0 Å². The Bertz CT molecular complexity index is 553. The Hall–Kier alpha value is -1.29. The number of fused-ring (bicyclic) bond motifs is 7. The van der Waals surface area contributed by atoms with Crippen LogP contribution in [0.2, 0.25) is 0 Å². The molecule has 1 heteroatoms. The van der Waals surface area contributed by atoms with Crippen molar-refractivity contribution in [2.24, 2.45) is 23.7 Å². The van der Waals surface area contributed by atoms with Gasteiger partial charge in [0.15, 0.2) is 0 Å². The van der Waals surface area contributed by atoms with E-state index in [9.17, 15) is 0 Å². The molecule has 0 spiro atoms. The Balaban J connectivity index is 1.73. The second kappa shape index (κ2) is 2.20. The van der Waals surface area contributed by atoms with Crippen molar-refractivity contribution in [3.8, 4) is 6.07 Å². The van der Waals surface area contributed by atoms with Crippen LogP contribution in [0.1, 0.15) is 41.4 Å². The molecule has 0 unspecified atom stereocenters. The molecular formula is C15H13N. The minimum atomic E-state index is 0.844. The van der Waals surface area contributed by atoms with Gasteiger partial charge in [0.05, 0.1) is 11.6 Å². The molecule has 0 bridgehead atoms. The fraction of sp³-hybridized carbons (Fsp3) is 0.533. The molecule has 0 aromatic heterocycles. The van der Waals surface area contributed by atoms with Crippen LogP contribution in [0, 0.1) is 35.0 Å². The first kappa shape index (κ1) is 7.90. The van der Waals surface area contributed by atoms with Crippen molar-refractivity contribution in [2.75, 3.05) is 0 Å². The van der Waals surface area contributed by atoms with Crippen molar-refractivity contribution in [1.82, 2.24) is 0 Å². The van der Waals surface area contributed by atoms with Crippen molar-refractivity contribution in [3.63, 3.8) is 0 Å². The standard InChI is InChI=1S/C15H13N/c16-6-7-1-2-10-11(5-7)12-8-3-4-9(8)13-14(10)15(12)13/h1-2,5,8-9,12-15H,3-4H2/t8-,9+,12+,13-,14+,15+/m1/s1. The van der Waals surface area contributed by atoms with E-state index in [4.69, 9.17) is 5.26 Å². The molecule has 4 aliphatic carbocycles. The zero-order chi connectivity index (χ0) is 10.4. The summed E-state index contributed by atoms with van der Waals surface area (Å²) in [4.78, 5) is 0. The van der Waals surface area contributed by atoms with E-state index in [0.29, 0.717) is 0 Å². The van der Waals surface area contributed by atoms with Gasteiger partial charge in [-0.1, -0.05) is 6.07 Å². The highest BCUT2D eigenvalue weighted by Gasteiger charge is 2.73. The molecule has 0 aliphatic heterocycles. The summed E-state index contributed by atoms with van der Waals surface area (Å²) in [5.41, 5.74) is 4.02. The van der Waals surface area contributed by atoms with Crippen LogP contribution >= 0.6 is 0 Å². The summed E-state index contributed by atoms with van der Waals surface area (Å²) in [5, 5.41) is 9.00. The molecule has 0 radical (unpaired) electrons. The summed E-state index contributed by atoms with van der Waals surface area (Å²) in [7, 11) is 0. The maximum absolute atomic E-state index is 9.00. The number of nitriles is 1. The van der Waals surface area contributed by atoms with E-state index in [0.717, 1.165) is 41.1 Å². The van der Waals surface area contributed by atoms with Crippen molar-refractivity contribution < 1.29 is 0 Å². The average Bonchev–Trinajstić information content (AvgIpc) is 2.81. The number of nitrogens with zero attached hydrogens (tertiary/aromatic N) is 1. The molecule has 0 amide bonds. The van der Waals surface area contributed by atoms with Gasteiger partial charge in [0.25, 0.3) is 0 Å². The molecule has 0 N–H and O–H groups in total. The molecule has 3 saturated carbocycles. The third kappa shape index (κ3) is 0.627. The molecule has 1 aromatic carbocycles. The molecule has 1 nitrogen and oxygen atoms in total. The summed E-state index contributed by atoms with van der Waals surface area (Å²) < 4.78 is 0. The number of benzene rings is 1. The van der Waals surface area contributed by atoms with Crippen LogP contribution in [0.4, 0.5) is 0 Å². The Morgan fingerprint density at radius 2 is 1.88 bits per heavy atom. The topological polar surface area (TPSA) is 23.8 Å². The highest BCUT2D eigenvalue weighted by molar-refractivity contribution is 5.54. The number of rotatable bonds is 0. The van der Waals surface area contributed by atoms with Crippen LogP contribution in [-0.4, -0.2) is 0 Å². The second-order valence-corrected chi connectivity index (χ2v) is 6.07. The first-order valence-corrected chi connectivity index (χ1v) is 6.44. The molecule has 5 rings (SSSR count). The second-order valence-electron chi connectivity index (χ2n) is 6.07. The highest BCUT2D eigenvalue weighted by atomic mass is 14.8. The van der Waals surface area contributed by atoms with Crippen molar-refractivity contribution in [1.29, 1.82) is 5.26 Å². The average molecular weight is 207 g/mol. The third-order valence-electron chi connectivity index (χ3n) is 5.82. The van der Waals surface area contributed by atoms with E-state index in [-0.39, 0.29) is 0 Å². The molecule has 16 heavy (non-hydrogen) atoms. The van der Waals surface area contributed by atoms with Crippen LogP contribution in [0.25, 0.3) is 0 Å². The first-order chi connectivity index (χ1) is 7.90. The van der Waals surface area contributed by atoms with Crippen molar-refractivity contribution in [2.45, 2.75) is 24.7 Å². The lowest BCUT2D eigenvalue weighted by Crippen LogP contribution is -2.26. The predicted molar refractivity (Wildman–Crippen MR) is 59.8 cm³/mol. The molecule has 0 heterocycles. The van der Waals surface area contributed by atoms with E-state index in [1.165, 1.54) is 12.8 Å². The summed E-state index contributed by atoms with van der Waals surface area (Å²) in [6.07, 6.45) is 2.93. The van der Waals surface area contributed by atoms with Crippen LogP contribution in [0.15, 0.2) is 18.2 Å². The van der Waals surface area contributed by atoms with E-state index >= 15 is 0 Å². The fourth-order valence-corrected chi connectivity index (χ4v) is 5.22. The van der Waals surface area contributed by atoms with Crippen LogP contribution in [-0.2, 0) is 0 Å². The Morgan fingerprint density at radius 1 is 1.00 bits per heavy atom. The number of hydrogen-bond donors (Lipinski definition) is 0. The fourth-order valence-electron chi connectivity index (χ4n) is 5.22. The Kier molecular flexibility index (Phi) is 1.09. The van der Waals surface area contributed by atoms with Gasteiger partial charge in [0.1, 0.15) is 0 Å². The van der Waals surface area contributed by atoms with Gasteiger partial charge in [0.2, 0.25) is 0 Å². The van der Waals surface area contributed by atoms with Gasteiger partial charge in [-0.15, -0.1) is 0 Å². The SMILES string of the molecule is N#Cc1ccc2c(c1)[C@@H]1[C@@H]3CC[C@@H]3[C@@H]3[C@H]2[C@@H]13. The van der Waals surface area contributed by atoms with Crippen molar-refractivity contribution >= 4 is 0 Å². The predicted octanol–water partition coefficient (Wildman–Crippen LogP) is 3.02. The van der Waals surface area contributed by atoms with Gasteiger partial charge in [0, 0.05) is 0 Å². The molecule has 78 valence electrons. The minimum Gasteiger partial charge on any atom is -0.192 e. The molecule has 3 fully saturated rings. The Labute approximate surface area is 95.1 Å². The summed E-state index contributed by atoms with van der Waals surface area (Å²) in [5.74, 6) is 5.82. The van der Waals surface area contributed by atoms with E-state index < -0.39 is 0 Å². The van der Waals surface area contributed by atoms with Gasteiger partial charge in [-0.2, -0.15) is 5.26 Å². The highest BCUT2D eigenvalue weighted by Crippen LogP contribution is 2.81. The molecule has 6 atom stereocenters. The van der Waals surface area contributed by atoms with E-state index in [2.05, 4.69) is 18.2 Å². The van der Waals surface area contributed by atoms with Crippen LogP contribution in [0.5, 0.6) is 0 Å². The van der Waals surface area contributed by atoms with Gasteiger partial charge in [-0.25, -0.2) is 0 Å². The van der Waals surface area contributed by atoms with E-state index in [1.807, 2.05) is 6.07 Å². The van der Waals surface area contributed by atoms with Crippen LogP contribution < -0.4 is 0 Å². The van der Waals surface area contributed by atoms with Crippen LogP contribution in [0.3, 0.4) is 0 Å². The molecular weight excluding hydrogens is 194 g/mol. The monoisotopic (exact) mass is 207 g/mol. The summed E-state index contributed by atoms with van der Waals surface area (Å²) in [6, 6.07) is 8.73. The van der Waals surface area contributed by atoms with Gasteiger partial charge >= 0.3 is 0 Å². The maximum atomic E-state index is 9.00. The van der Waals surface area contributed by atoms with Gasteiger partial charge in [-0.3, -0.25) is 0 Å². The zero-order valence-corrected chi connectivity index (χ0v) is 9.06. The van der Waals surface area contributed by atoms with Gasteiger partial charge in [-0.05, 0) is 71.6 Å². The minimum absolute atomic E-state index is 0.844. The van der Waals surface area contributed by atoms with Crippen molar-refractivity contribution in [3.05, 3.63) is 34.9 Å². The molecule has 4 aliphatic rings. The quantitative estimate of drug-likeness (QED) is 0.641. The summed E-state index contributed by atoms with van der Waals surface area (Å²) >= 11 is 0. The maximum Gasteiger partial charge on any atom is 0.0991 e. The normalized spacial score (nSPS) is 48.7. The van der Waals surface area contributed by atoms with E-state index in [1.54, 1.807) is 11.1 Å². The zero-order valence-electron chi connectivity index (χ0n) is 9.06. The molecule has 1 aromatic rings. The number of hydrogen-bond acceptors (Lipinski definition) is 1. The molecule has 0 saturated heterocycles. The smallest absolute Gasteiger partial charge is 0.0991 e. The lowest BCUT2D eigenvalue weighted by atomic mass is 9.69. The first-order valence-electron chi connectivity index (χ1n) is 6.44. The summed E-state index contributed by atoms with van der Waals surface area (Å²) in [6.45, 7) is 0. The lowest BCUT2D eigenvalue weighted by Gasteiger charge is -2.36. The lowest BCUT2D eigenvalue weighted by molar-refractivity contribution is 0.166. The Morgan fingerprint density at radius 3 is 2.62 bits per heavy atom.